The summed E-state index contributed by atoms with van der Waals surface area (Å²) in [6.07, 6.45) is 0. The Kier molecular flexibility index (Phi) is 4.94. The van der Waals surface area contributed by atoms with Gasteiger partial charge >= 0.3 is 6.01 Å². The summed E-state index contributed by atoms with van der Waals surface area (Å²) in [5.41, 5.74) is 1.16. The van der Waals surface area contributed by atoms with Crippen molar-refractivity contribution < 1.29 is 18.7 Å². The Balaban J connectivity index is 1.71. The summed E-state index contributed by atoms with van der Waals surface area (Å²) in [7, 11) is 1.54. The highest BCUT2D eigenvalue weighted by atomic mass is 16.5. The highest BCUT2D eigenvalue weighted by Gasteiger charge is 2.13. The second-order valence-electron chi connectivity index (χ2n) is 5.06. The SMILES string of the molecule is CCOc1ccc(-c2nnc(NC(=O)c3cccc(OC)c3)o2)cc1. The van der Waals surface area contributed by atoms with Gasteiger partial charge in [-0.25, -0.2) is 0 Å². The molecular formula is C18H17N3O4. The highest BCUT2D eigenvalue weighted by molar-refractivity contribution is 6.03. The van der Waals surface area contributed by atoms with Crippen LogP contribution in [0.2, 0.25) is 0 Å². The fourth-order valence-corrected chi connectivity index (χ4v) is 2.18. The van der Waals surface area contributed by atoms with E-state index in [2.05, 4.69) is 15.5 Å². The van der Waals surface area contributed by atoms with Crippen LogP contribution in [0, 0.1) is 0 Å². The molecule has 1 aromatic heterocycles. The van der Waals surface area contributed by atoms with E-state index < -0.39 is 0 Å². The van der Waals surface area contributed by atoms with Crippen molar-refractivity contribution in [3.05, 3.63) is 54.1 Å². The van der Waals surface area contributed by atoms with Crippen molar-refractivity contribution in [1.82, 2.24) is 10.2 Å². The monoisotopic (exact) mass is 339 g/mol. The number of carbonyl (C=O) groups excluding carboxylic acids is 1. The summed E-state index contributed by atoms with van der Waals surface area (Å²) >= 11 is 0. The molecule has 0 fully saturated rings. The standard InChI is InChI=1S/C18H17N3O4/c1-3-24-14-9-7-12(8-10-14)17-20-21-18(25-17)19-16(22)13-5-4-6-15(11-13)23-2/h4-11H,3H2,1-2H3,(H,19,21,22). The van der Waals surface area contributed by atoms with Crippen LogP contribution in [-0.2, 0) is 0 Å². The molecule has 3 aromatic rings. The van der Waals surface area contributed by atoms with E-state index in [0.717, 1.165) is 11.3 Å². The van der Waals surface area contributed by atoms with Crippen LogP contribution < -0.4 is 14.8 Å². The molecule has 25 heavy (non-hydrogen) atoms. The Labute approximate surface area is 144 Å². The number of ether oxygens (including phenoxy) is 2. The van der Waals surface area contributed by atoms with Gasteiger partial charge < -0.3 is 13.9 Å². The summed E-state index contributed by atoms with van der Waals surface area (Å²) in [5, 5.41) is 10.4. The van der Waals surface area contributed by atoms with Crippen LogP contribution in [0.5, 0.6) is 11.5 Å². The van der Waals surface area contributed by atoms with Gasteiger partial charge in [0.25, 0.3) is 5.91 Å². The van der Waals surface area contributed by atoms with Crippen molar-refractivity contribution in [3.8, 4) is 23.0 Å². The van der Waals surface area contributed by atoms with Crippen LogP contribution in [0.15, 0.2) is 52.9 Å². The average Bonchev–Trinajstić information content (AvgIpc) is 3.11. The molecule has 0 aliphatic rings. The first-order chi connectivity index (χ1) is 12.2. The molecule has 2 aromatic carbocycles. The number of amides is 1. The molecule has 1 N–H and O–H groups in total. The maximum absolute atomic E-state index is 12.2. The number of hydrogen-bond acceptors (Lipinski definition) is 6. The van der Waals surface area contributed by atoms with Crippen molar-refractivity contribution in [2.75, 3.05) is 19.0 Å². The lowest BCUT2D eigenvalue weighted by molar-refractivity contribution is 0.102. The molecule has 7 nitrogen and oxygen atoms in total. The smallest absolute Gasteiger partial charge is 0.322 e. The third-order valence-electron chi connectivity index (χ3n) is 3.39. The number of methoxy groups -OCH3 is 1. The molecule has 3 rings (SSSR count). The van der Waals surface area contributed by atoms with Gasteiger partial charge in [-0.05, 0) is 49.4 Å². The second kappa shape index (κ2) is 7.48. The first-order valence-electron chi connectivity index (χ1n) is 7.71. The topological polar surface area (TPSA) is 86.5 Å². The minimum Gasteiger partial charge on any atom is -0.497 e. The van der Waals surface area contributed by atoms with Gasteiger partial charge in [0.1, 0.15) is 11.5 Å². The fourth-order valence-electron chi connectivity index (χ4n) is 2.18. The molecule has 7 heteroatoms. The van der Waals surface area contributed by atoms with E-state index in [-0.39, 0.29) is 11.9 Å². The average molecular weight is 339 g/mol. The largest absolute Gasteiger partial charge is 0.497 e. The predicted octanol–water partition coefficient (Wildman–Crippen LogP) is 3.40. The zero-order chi connectivity index (χ0) is 17.6. The highest BCUT2D eigenvalue weighted by Crippen LogP contribution is 2.23. The zero-order valence-electron chi connectivity index (χ0n) is 13.9. The van der Waals surface area contributed by atoms with Gasteiger partial charge in [0, 0.05) is 11.1 Å². The number of carbonyl (C=O) groups is 1. The van der Waals surface area contributed by atoms with Gasteiger partial charge in [0.2, 0.25) is 5.89 Å². The lowest BCUT2D eigenvalue weighted by Crippen LogP contribution is -2.12. The summed E-state index contributed by atoms with van der Waals surface area (Å²) in [4.78, 5) is 12.2. The molecule has 0 unspecified atom stereocenters. The Morgan fingerprint density at radius 3 is 2.64 bits per heavy atom. The normalized spacial score (nSPS) is 10.3. The Hall–Kier alpha value is -3.35. The lowest BCUT2D eigenvalue weighted by atomic mass is 10.2. The van der Waals surface area contributed by atoms with E-state index in [1.807, 2.05) is 31.2 Å². The molecule has 0 aliphatic heterocycles. The molecule has 0 radical (unpaired) electrons. The molecule has 0 atom stereocenters. The van der Waals surface area contributed by atoms with E-state index in [9.17, 15) is 4.79 Å². The van der Waals surface area contributed by atoms with E-state index in [0.29, 0.717) is 23.8 Å². The van der Waals surface area contributed by atoms with E-state index in [4.69, 9.17) is 13.9 Å². The van der Waals surface area contributed by atoms with Crippen LogP contribution >= 0.6 is 0 Å². The summed E-state index contributed by atoms with van der Waals surface area (Å²) in [5.74, 6) is 1.30. The third kappa shape index (κ3) is 3.95. The van der Waals surface area contributed by atoms with Crippen LogP contribution in [-0.4, -0.2) is 29.8 Å². The fraction of sp³-hybridized carbons (Fsp3) is 0.167. The Bertz CT molecular complexity index is 859. The maximum Gasteiger partial charge on any atom is 0.322 e. The first-order valence-corrected chi connectivity index (χ1v) is 7.71. The van der Waals surface area contributed by atoms with Crippen LogP contribution in [0.1, 0.15) is 17.3 Å². The predicted molar refractivity (Wildman–Crippen MR) is 91.9 cm³/mol. The summed E-state index contributed by atoms with van der Waals surface area (Å²) < 4.78 is 16.0. The van der Waals surface area contributed by atoms with Gasteiger partial charge in [-0.2, -0.15) is 0 Å². The molecule has 0 aliphatic carbocycles. The molecule has 0 spiro atoms. The minimum absolute atomic E-state index is 0.0247. The quantitative estimate of drug-likeness (QED) is 0.741. The molecule has 128 valence electrons. The van der Waals surface area contributed by atoms with Gasteiger partial charge in [-0.15, -0.1) is 5.10 Å². The van der Waals surface area contributed by atoms with Gasteiger partial charge in [0.15, 0.2) is 0 Å². The van der Waals surface area contributed by atoms with Crippen molar-refractivity contribution in [3.63, 3.8) is 0 Å². The van der Waals surface area contributed by atoms with Crippen molar-refractivity contribution in [2.24, 2.45) is 0 Å². The Morgan fingerprint density at radius 2 is 1.92 bits per heavy atom. The van der Waals surface area contributed by atoms with Crippen LogP contribution in [0.3, 0.4) is 0 Å². The number of nitrogens with zero attached hydrogens (tertiary/aromatic N) is 2. The van der Waals surface area contributed by atoms with Crippen LogP contribution in [0.25, 0.3) is 11.5 Å². The number of anilines is 1. The lowest BCUT2D eigenvalue weighted by Gasteiger charge is -2.03. The molecule has 0 saturated heterocycles. The number of nitrogens with one attached hydrogen (secondary N) is 1. The van der Waals surface area contributed by atoms with Crippen LogP contribution in [0.4, 0.5) is 6.01 Å². The van der Waals surface area contributed by atoms with Gasteiger partial charge in [-0.3, -0.25) is 10.1 Å². The summed E-state index contributed by atoms with van der Waals surface area (Å²) in [6, 6.07) is 14.1. The van der Waals surface area contributed by atoms with E-state index in [1.165, 1.54) is 7.11 Å². The third-order valence-corrected chi connectivity index (χ3v) is 3.39. The van der Waals surface area contributed by atoms with E-state index >= 15 is 0 Å². The van der Waals surface area contributed by atoms with Gasteiger partial charge in [-0.1, -0.05) is 11.2 Å². The Morgan fingerprint density at radius 1 is 1.12 bits per heavy atom. The number of benzene rings is 2. The van der Waals surface area contributed by atoms with Crippen molar-refractivity contribution in [2.45, 2.75) is 6.92 Å². The number of rotatable bonds is 6. The molecule has 1 heterocycles. The maximum atomic E-state index is 12.2. The van der Waals surface area contributed by atoms with E-state index in [1.54, 1.807) is 24.3 Å². The number of aromatic nitrogens is 2. The molecular weight excluding hydrogens is 322 g/mol. The van der Waals surface area contributed by atoms with Gasteiger partial charge in [0.05, 0.1) is 13.7 Å². The second-order valence-corrected chi connectivity index (χ2v) is 5.06. The molecule has 1 amide bonds. The molecule has 0 bridgehead atoms. The minimum atomic E-state index is -0.360. The van der Waals surface area contributed by atoms with Crippen molar-refractivity contribution >= 4 is 11.9 Å². The molecule has 0 saturated carbocycles. The van der Waals surface area contributed by atoms with Crippen molar-refractivity contribution in [1.29, 1.82) is 0 Å². The number of hydrogen-bond donors (Lipinski definition) is 1. The summed E-state index contributed by atoms with van der Waals surface area (Å²) in [6.45, 7) is 2.52. The first kappa shape index (κ1) is 16.5. The zero-order valence-corrected chi connectivity index (χ0v) is 13.9.